The summed E-state index contributed by atoms with van der Waals surface area (Å²) in [6.07, 6.45) is 1.86. The third-order valence-electron chi connectivity index (χ3n) is 3.21. The molecule has 5 nitrogen and oxygen atoms in total. The van der Waals surface area contributed by atoms with Crippen molar-refractivity contribution in [1.82, 2.24) is 0 Å². The summed E-state index contributed by atoms with van der Waals surface area (Å²) in [6.45, 7) is 1.05. The topological polar surface area (TPSA) is 72.5 Å². The Hall–Kier alpha value is -2.60. The van der Waals surface area contributed by atoms with Gasteiger partial charge in [0.1, 0.15) is 0 Å². The zero-order valence-corrected chi connectivity index (χ0v) is 14.2. The van der Waals surface area contributed by atoms with Crippen molar-refractivity contribution in [2.45, 2.75) is 11.8 Å². The van der Waals surface area contributed by atoms with Gasteiger partial charge in [0.2, 0.25) is 0 Å². The van der Waals surface area contributed by atoms with E-state index in [-0.39, 0.29) is 5.78 Å². The van der Waals surface area contributed by atoms with Crippen molar-refractivity contribution in [2.24, 2.45) is 0 Å². The van der Waals surface area contributed by atoms with E-state index in [9.17, 15) is 14.4 Å². The van der Waals surface area contributed by atoms with Crippen LogP contribution in [-0.2, 0) is 9.53 Å². The summed E-state index contributed by atoms with van der Waals surface area (Å²) >= 11 is 1.43. The van der Waals surface area contributed by atoms with Gasteiger partial charge in [0, 0.05) is 16.1 Å². The number of thioether (sulfide) groups is 1. The molecule has 2 aromatic rings. The van der Waals surface area contributed by atoms with Gasteiger partial charge in [0.15, 0.2) is 12.4 Å². The van der Waals surface area contributed by atoms with Crippen LogP contribution in [0.1, 0.15) is 27.6 Å². The number of anilines is 1. The SMILES string of the molecule is CSc1ccccc1C(=O)OCC(=O)Nc1cccc(C(C)=O)c1. The molecule has 0 fully saturated rings. The highest BCUT2D eigenvalue weighted by atomic mass is 32.2. The first-order valence-corrected chi connectivity index (χ1v) is 8.44. The Bertz CT molecular complexity index is 773. The average Bonchev–Trinajstić information content (AvgIpc) is 2.59. The highest BCUT2D eigenvalue weighted by Crippen LogP contribution is 2.20. The third-order valence-corrected chi connectivity index (χ3v) is 4.01. The van der Waals surface area contributed by atoms with E-state index in [2.05, 4.69) is 5.32 Å². The minimum atomic E-state index is -0.549. The van der Waals surface area contributed by atoms with Crippen molar-refractivity contribution in [3.63, 3.8) is 0 Å². The van der Waals surface area contributed by atoms with Crippen molar-refractivity contribution in [1.29, 1.82) is 0 Å². The summed E-state index contributed by atoms with van der Waals surface area (Å²) < 4.78 is 5.05. The number of hydrogen-bond acceptors (Lipinski definition) is 5. The van der Waals surface area contributed by atoms with E-state index in [0.29, 0.717) is 16.8 Å². The lowest BCUT2D eigenvalue weighted by molar-refractivity contribution is -0.119. The first kappa shape index (κ1) is 17.7. The van der Waals surface area contributed by atoms with Crippen LogP contribution in [0, 0.1) is 0 Å². The lowest BCUT2D eigenvalue weighted by atomic mass is 10.1. The summed E-state index contributed by atoms with van der Waals surface area (Å²) in [4.78, 5) is 36.1. The van der Waals surface area contributed by atoms with Crippen LogP contribution in [0.25, 0.3) is 0 Å². The summed E-state index contributed by atoms with van der Waals surface area (Å²) in [5.74, 6) is -1.11. The molecule has 0 saturated carbocycles. The van der Waals surface area contributed by atoms with Crippen LogP contribution in [-0.4, -0.2) is 30.5 Å². The maximum atomic E-state index is 12.1. The summed E-state index contributed by atoms with van der Waals surface area (Å²) in [7, 11) is 0. The Kier molecular flexibility index (Phi) is 6.14. The monoisotopic (exact) mass is 343 g/mol. The molecule has 0 atom stereocenters. The van der Waals surface area contributed by atoms with E-state index >= 15 is 0 Å². The van der Waals surface area contributed by atoms with Crippen LogP contribution in [0.5, 0.6) is 0 Å². The van der Waals surface area contributed by atoms with E-state index in [4.69, 9.17) is 4.74 Å². The molecule has 0 aliphatic carbocycles. The van der Waals surface area contributed by atoms with Crippen molar-refractivity contribution in [3.8, 4) is 0 Å². The minimum Gasteiger partial charge on any atom is -0.452 e. The molecule has 2 rings (SSSR count). The number of ether oxygens (including phenoxy) is 1. The van der Waals surface area contributed by atoms with Crippen molar-refractivity contribution >= 4 is 35.1 Å². The number of hydrogen-bond donors (Lipinski definition) is 1. The Labute approximate surface area is 144 Å². The number of Topliss-reactive ketones (excluding diaryl/α,β-unsaturated/α-hetero) is 1. The van der Waals surface area contributed by atoms with Crippen LogP contribution in [0.4, 0.5) is 5.69 Å². The van der Waals surface area contributed by atoms with Crippen LogP contribution < -0.4 is 5.32 Å². The second kappa shape index (κ2) is 8.31. The molecule has 0 heterocycles. The van der Waals surface area contributed by atoms with Crippen LogP contribution in [0.2, 0.25) is 0 Å². The molecule has 0 bridgehead atoms. The summed E-state index contributed by atoms with van der Waals surface area (Å²) in [5, 5.41) is 2.60. The molecule has 1 N–H and O–H groups in total. The Balaban J connectivity index is 1.94. The Morgan fingerprint density at radius 2 is 1.83 bits per heavy atom. The van der Waals surface area contributed by atoms with Gasteiger partial charge in [-0.05, 0) is 37.4 Å². The van der Waals surface area contributed by atoms with Crippen LogP contribution >= 0.6 is 11.8 Å². The molecule has 2 aromatic carbocycles. The standard InChI is InChI=1S/C18H17NO4S/c1-12(20)13-6-5-7-14(10-13)19-17(21)11-23-18(22)15-8-3-4-9-16(15)24-2/h3-10H,11H2,1-2H3,(H,19,21). The summed E-state index contributed by atoms with van der Waals surface area (Å²) in [6, 6.07) is 13.6. The number of ketones is 1. The Morgan fingerprint density at radius 1 is 1.08 bits per heavy atom. The molecule has 0 aromatic heterocycles. The second-order valence-electron chi connectivity index (χ2n) is 4.96. The lowest BCUT2D eigenvalue weighted by Crippen LogP contribution is -2.21. The van der Waals surface area contributed by atoms with E-state index in [1.54, 1.807) is 36.4 Å². The number of carbonyl (C=O) groups is 3. The maximum Gasteiger partial charge on any atom is 0.339 e. The van der Waals surface area contributed by atoms with Gasteiger partial charge < -0.3 is 10.1 Å². The molecule has 1 amide bonds. The molecule has 0 saturated heterocycles. The molecule has 124 valence electrons. The normalized spacial score (nSPS) is 10.1. The van der Waals surface area contributed by atoms with Gasteiger partial charge in [0.25, 0.3) is 5.91 Å². The summed E-state index contributed by atoms with van der Waals surface area (Å²) in [5.41, 5.74) is 1.41. The van der Waals surface area contributed by atoms with Gasteiger partial charge in [0.05, 0.1) is 5.56 Å². The fraction of sp³-hybridized carbons (Fsp3) is 0.167. The highest BCUT2D eigenvalue weighted by molar-refractivity contribution is 7.98. The van der Waals surface area contributed by atoms with Crippen molar-refractivity contribution < 1.29 is 19.1 Å². The van der Waals surface area contributed by atoms with Crippen molar-refractivity contribution in [2.75, 3.05) is 18.2 Å². The smallest absolute Gasteiger partial charge is 0.339 e. The van der Waals surface area contributed by atoms with Gasteiger partial charge >= 0.3 is 5.97 Å². The molecular formula is C18H17NO4S. The van der Waals surface area contributed by atoms with E-state index < -0.39 is 18.5 Å². The highest BCUT2D eigenvalue weighted by Gasteiger charge is 2.14. The van der Waals surface area contributed by atoms with E-state index in [0.717, 1.165) is 4.90 Å². The zero-order chi connectivity index (χ0) is 17.5. The Morgan fingerprint density at radius 3 is 2.54 bits per heavy atom. The minimum absolute atomic E-state index is 0.0915. The first-order valence-electron chi connectivity index (χ1n) is 7.22. The van der Waals surface area contributed by atoms with Crippen LogP contribution in [0.3, 0.4) is 0 Å². The molecule has 0 unspecified atom stereocenters. The van der Waals surface area contributed by atoms with Gasteiger partial charge in [-0.1, -0.05) is 24.3 Å². The van der Waals surface area contributed by atoms with E-state index in [1.165, 1.54) is 18.7 Å². The quantitative estimate of drug-likeness (QED) is 0.494. The lowest BCUT2D eigenvalue weighted by Gasteiger charge is -2.09. The second-order valence-corrected chi connectivity index (χ2v) is 5.81. The van der Waals surface area contributed by atoms with Gasteiger partial charge in [-0.25, -0.2) is 4.79 Å². The van der Waals surface area contributed by atoms with Gasteiger partial charge in [-0.15, -0.1) is 11.8 Å². The number of amides is 1. The van der Waals surface area contributed by atoms with Crippen molar-refractivity contribution in [3.05, 3.63) is 59.7 Å². The number of esters is 1. The van der Waals surface area contributed by atoms with Gasteiger partial charge in [-0.2, -0.15) is 0 Å². The molecule has 0 radical (unpaired) electrons. The molecule has 0 spiro atoms. The molecule has 24 heavy (non-hydrogen) atoms. The first-order chi connectivity index (χ1) is 11.5. The zero-order valence-electron chi connectivity index (χ0n) is 13.4. The number of carbonyl (C=O) groups excluding carboxylic acids is 3. The van der Waals surface area contributed by atoms with Gasteiger partial charge in [-0.3, -0.25) is 9.59 Å². The average molecular weight is 343 g/mol. The number of nitrogens with one attached hydrogen (secondary N) is 1. The number of benzene rings is 2. The maximum absolute atomic E-state index is 12.1. The van der Waals surface area contributed by atoms with Crippen LogP contribution in [0.15, 0.2) is 53.4 Å². The predicted molar refractivity (Wildman–Crippen MR) is 93.6 cm³/mol. The molecule has 0 aliphatic heterocycles. The number of rotatable bonds is 6. The largest absolute Gasteiger partial charge is 0.452 e. The third kappa shape index (κ3) is 4.70. The molecule has 6 heteroatoms. The fourth-order valence-corrected chi connectivity index (χ4v) is 2.62. The molecule has 0 aliphatic rings. The molecular weight excluding hydrogens is 326 g/mol. The fourth-order valence-electron chi connectivity index (χ4n) is 2.04. The van der Waals surface area contributed by atoms with E-state index in [1.807, 2.05) is 18.4 Å². The predicted octanol–water partition coefficient (Wildman–Crippen LogP) is 3.41.